The lowest BCUT2D eigenvalue weighted by molar-refractivity contribution is -0.0418. The van der Waals surface area contributed by atoms with Crippen LogP contribution in [0.5, 0.6) is 0 Å². The Hall–Kier alpha value is -0.0231. The molecule has 0 aromatic heterocycles. The Balaban J connectivity index is 1.92. The van der Waals surface area contributed by atoms with E-state index in [9.17, 15) is 0 Å². The lowest BCUT2D eigenvalue weighted by atomic mass is 10.3. The third-order valence-electron chi connectivity index (χ3n) is 3.61. The van der Waals surface area contributed by atoms with Gasteiger partial charge in [-0.3, -0.25) is 4.90 Å². The van der Waals surface area contributed by atoms with Crippen LogP contribution in [0.15, 0.2) is 0 Å². The molecule has 1 unspecified atom stereocenters. The molecule has 0 N–H and O–H groups in total. The minimum Gasteiger partial charge on any atom is -0.379 e. The number of hydrogen-bond donors (Lipinski definition) is 0. The summed E-state index contributed by atoms with van der Waals surface area (Å²) >= 11 is 0. The molecule has 2 aliphatic rings. The maximum absolute atomic E-state index is 6.17. The molecule has 0 spiro atoms. The summed E-state index contributed by atoms with van der Waals surface area (Å²) in [6.07, 6.45) is 0.947. The third kappa shape index (κ3) is 4.49. The number of hydrogen-bond acceptors (Lipinski definition) is 6. The molecule has 0 bridgehead atoms. The van der Waals surface area contributed by atoms with Crippen molar-refractivity contribution in [1.29, 1.82) is 0 Å². The van der Waals surface area contributed by atoms with Crippen LogP contribution in [0.25, 0.3) is 0 Å². The molecule has 0 aromatic carbocycles. The van der Waals surface area contributed by atoms with E-state index in [1.54, 1.807) is 14.2 Å². The Bertz CT molecular complexity index is 259. The van der Waals surface area contributed by atoms with Gasteiger partial charge >= 0.3 is 8.80 Å². The summed E-state index contributed by atoms with van der Waals surface area (Å²) in [4.78, 5) is 2.35. The Morgan fingerprint density at radius 2 is 1.84 bits per heavy atom. The summed E-state index contributed by atoms with van der Waals surface area (Å²) in [6, 6.07) is 0.819. The standard InChI is InChI=1S/C12H25NO5Si/c1-14-19(15-2)9-3-6-17-11-12(18-19)10-13-4-7-16-8-5-13/h12H,3-11H2,1-2H3. The molecule has 2 heterocycles. The van der Waals surface area contributed by atoms with Crippen LogP contribution in [-0.2, 0) is 22.8 Å². The van der Waals surface area contributed by atoms with E-state index in [4.69, 9.17) is 22.8 Å². The Morgan fingerprint density at radius 3 is 2.53 bits per heavy atom. The van der Waals surface area contributed by atoms with Gasteiger partial charge in [0.05, 0.1) is 25.9 Å². The topological polar surface area (TPSA) is 49.4 Å². The smallest absolute Gasteiger partial charge is 0.379 e. The van der Waals surface area contributed by atoms with Gasteiger partial charge in [-0.25, -0.2) is 0 Å². The normalized spacial score (nSPS) is 29.7. The van der Waals surface area contributed by atoms with Crippen molar-refractivity contribution in [2.75, 3.05) is 60.3 Å². The van der Waals surface area contributed by atoms with Crippen LogP contribution in [-0.4, -0.2) is 80.1 Å². The second-order valence-corrected chi connectivity index (χ2v) is 7.84. The minimum atomic E-state index is -2.50. The van der Waals surface area contributed by atoms with Crippen LogP contribution >= 0.6 is 0 Å². The molecule has 112 valence electrons. The van der Waals surface area contributed by atoms with Gasteiger partial charge in [0.15, 0.2) is 0 Å². The van der Waals surface area contributed by atoms with Gasteiger partial charge in [0.25, 0.3) is 0 Å². The van der Waals surface area contributed by atoms with Crippen LogP contribution in [0.2, 0.25) is 6.04 Å². The molecule has 6 nitrogen and oxygen atoms in total. The molecule has 2 saturated heterocycles. The van der Waals surface area contributed by atoms with Gasteiger partial charge in [-0.2, -0.15) is 0 Å². The van der Waals surface area contributed by atoms with E-state index >= 15 is 0 Å². The first kappa shape index (κ1) is 15.4. The molecule has 0 saturated carbocycles. The lowest BCUT2D eigenvalue weighted by Gasteiger charge is -2.36. The van der Waals surface area contributed by atoms with Gasteiger partial charge in [0, 0.05) is 46.5 Å². The highest BCUT2D eigenvalue weighted by Crippen LogP contribution is 2.21. The Kier molecular flexibility index (Phi) is 6.21. The zero-order valence-electron chi connectivity index (χ0n) is 11.9. The third-order valence-corrected chi connectivity index (χ3v) is 6.51. The Morgan fingerprint density at radius 1 is 1.11 bits per heavy atom. The summed E-state index contributed by atoms with van der Waals surface area (Å²) in [5, 5.41) is 0. The van der Waals surface area contributed by atoms with Crippen molar-refractivity contribution < 1.29 is 22.8 Å². The molecule has 7 heteroatoms. The summed E-state index contributed by atoms with van der Waals surface area (Å²) in [6.45, 7) is 5.71. The number of nitrogens with zero attached hydrogens (tertiary/aromatic N) is 1. The predicted molar refractivity (Wildman–Crippen MR) is 72.1 cm³/mol. The van der Waals surface area contributed by atoms with E-state index in [0.717, 1.165) is 51.9 Å². The Labute approximate surface area is 116 Å². The highest BCUT2D eigenvalue weighted by molar-refractivity contribution is 6.60. The molecule has 0 amide bonds. The average molecular weight is 291 g/mol. The molecule has 2 aliphatic heterocycles. The summed E-state index contributed by atoms with van der Waals surface area (Å²) in [5.41, 5.74) is 0. The molecule has 0 radical (unpaired) electrons. The fourth-order valence-electron chi connectivity index (χ4n) is 2.50. The lowest BCUT2D eigenvalue weighted by Crippen LogP contribution is -2.52. The molecular weight excluding hydrogens is 266 g/mol. The van der Waals surface area contributed by atoms with Crippen LogP contribution in [0.3, 0.4) is 0 Å². The second kappa shape index (κ2) is 7.68. The highest BCUT2D eigenvalue weighted by atomic mass is 28.4. The SMILES string of the molecule is CO[Si]1(OC)CCCOCC(CN2CCOCC2)O1. The minimum absolute atomic E-state index is 0.0185. The molecule has 1 atom stereocenters. The molecule has 0 aromatic rings. The first-order chi connectivity index (χ1) is 9.28. The summed E-state index contributed by atoms with van der Waals surface area (Å²) in [5.74, 6) is 0. The van der Waals surface area contributed by atoms with Crippen molar-refractivity contribution in [2.45, 2.75) is 18.6 Å². The molecular formula is C12H25NO5Si. The molecule has 2 rings (SSSR count). The first-order valence-electron chi connectivity index (χ1n) is 6.94. The quantitative estimate of drug-likeness (QED) is 0.697. The summed E-state index contributed by atoms with van der Waals surface area (Å²) < 4.78 is 28.3. The first-order valence-corrected chi connectivity index (χ1v) is 8.87. The van der Waals surface area contributed by atoms with Crippen LogP contribution < -0.4 is 0 Å². The zero-order chi connectivity index (χ0) is 13.6. The summed E-state index contributed by atoms with van der Waals surface area (Å²) in [7, 11) is 0.870. The van der Waals surface area contributed by atoms with Crippen LogP contribution in [0.4, 0.5) is 0 Å². The van der Waals surface area contributed by atoms with Gasteiger partial charge in [0.2, 0.25) is 0 Å². The van der Waals surface area contributed by atoms with E-state index in [0.29, 0.717) is 6.61 Å². The fourth-order valence-corrected chi connectivity index (χ4v) is 4.61. The van der Waals surface area contributed by atoms with Gasteiger partial charge in [-0.05, 0) is 6.42 Å². The van der Waals surface area contributed by atoms with Crippen molar-refractivity contribution in [2.24, 2.45) is 0 Å². The maximum Gasteiger partial charge on any atom is 0.500 e. The van der Waals surface area contributed by atoms with E-state index in [2.05, 4.69) is 4.90 Å². The second-order valence-electron chi connectivity index (χ2n) is 4.92. The van der Waals surface area contributed by atoms with E-state index in [1.165, 1.54) is 0 Å². The largest absolute Gasteiger partial charge is 0.500 e. The van der Waals surface area contributed by atoms with Gasteiger partial charge in [-0.1, -0.05) is 0 Å². The number of ether oxygens (including phenoxy) is 2. The average Bonchev–Trinajstić information content (AvgIpc) is 2.43. The number of morpholine rings is 1. The molecule has 2 fully saturated rings. The highest BCUT2D eigenvalue weighted by Gasteiger charge is 2.42. The molecule has 19 heavy (non-hydrogen) atoms. The fraction of sp³-hybridized carbons (Fsp3) is 1.00. The molecule has 0 aliphatic carbocycles. The van der Waals surface area contributed by atoms with E-state index in [1.807, 2.05) is 0 Å². The van der Waals surface area contributed by atoms with Crippen LogP contribution in [0.1, 0.15) is 6.42 Å². The van der Waals surface area contributed by atoms with Crippen molar-refractivity contribution in [3.05, 3.63) is 0 Å². The zero-order valence-corrected chi connectivity index (χ0v) is 12.9. The monoisotopic (exact) mass is 291 g/mol. The van der Waals surface area contributed by atoms with Gasteiger partial charge in [-0.15, -0.1) is 0 Å². The number of rotatable bonds is 4. The predicted octanol–water partition coefficient (Wildman–Crippen LogP) is 0.356. The van der Waals surface area contributed by atoms with Crippen LogP contribution in [0, 0.1) is 0 Å². The van der Waals surface area contributed by atoms with Gasteiger partial charge in [0.1, 0.15) is 0 Å². The van der Waals surface area contributed by atoms with Crippen molar-refractivity contribution >= 4 is 8.80 Å². The maximum atomic E-state index is 6.17. The van der Waals surface area contributed by atoms with Crippen molar-refractivity contribution in [3.63, 3.8) is 0 Å². The van der Waals surface area contributed by atoms with E-state index < -0.39 is 8.80 Å². The van der Waals surface area contributed by atoms with E-state index in [-0.39, 0.29) is 6.10 Å². The van der Waals surface area contributed by atoms with Crippen molar-refractivity contribution in [1.82, 2.24) is 4.90 Å². The van der Waals surface area contributed by atoms with Gasteiger partial charge < -0.3 is 22.8 Å². The van der Waals surface area contributed by atoms with Crippen molar-refractivity contribution in [3.8, 4) is 0 Å².